The van der Waals surface area contributed by atoms with E-state index >= 15 is 0 Å². The molecule has 0 saturated heterocycles. The van der Waals surface area contributed by atoms with Gasteiger partial charge < -0.3 is 15.2 Å². The van der Waals surface area contributed by atoms with Crippen molar-refractivity contribution in [3.8, 4) is 5.75 Å². The number of hydrogen-bond donors (Lipinski definition) is 2. The molecule has 0 heterocycles. The summed E-state index contributed by atoms with van der Waals surface area (Å²) in [5, 5.41) is 11.6. The van der Waals surface area contributed by atoms with Crippen LogP contribution in [0.1, 0.15) is 27.0 Å². The predicted molar refractivity (Wildman–Crippen MR) is 91.7 cm³/mol. The normalized spacial score (nSPS) is 11.1. The lowest BCUT2D eigenvalue weighted by Crippen LogP contribution is -2.25. The zero-order valence-electron chi connectivity index (χ0n) is 14.5. The SMILES string of the molecule is Cc1ccc(CNC(=O)Cc2cccc(C(=O)O)c2)c(OCC(F)(F)F)c1. The van der Waals surface area contributed by atoms with Crippen LogP contribution in [0.2, 0.25) is 0 Å². The molecule has 2 N–H and O–H groups in total. The summed E-state index contributed by atoms with van der Waals surface area (Å²) in [6.07, 6.45) is -4.51. The average molecular weight is 381 g/mol. The first-order valence-corrected chi connectivity index (χ1v) is 8.02. The van der Waals surface area contributed by atoms with E-state index in [1.165, 1.54) is 24.3 Å². The molecular weight excluding hydrogens is 363 g/mol. The molecule has 2 rings (SSSR count). The minimum atomic E-state index is -4.46. The molecule has 0 spiro atoms. The lowest BCUT2D eigenvalue weighted by molar-refractivity contribution is -0.153. The largest absolute Gasteiger partial charge is 0.484 e. The Morgan fingerprint density at radius 3 is 2.56 bits per heavy atom. The number of carboxylic acids is 1. The number of amides is 1. The van der Waals surface area contributed by atoms with Crippen LogP contribution >= 0.6 is 0 Å². The molecule has 144 valence electrons. The van der Waals surface area contributed by atoms with Crippen LogP contribution < -0.4 is 10.1 Å². The molecule has 8 heteroatoms. The maximum absolute atomic E-state index is 12.4. The number of halogens is 3. The van der Waals surface area contributed by atoms with Gasteiger partial charge in [0.1, 0.15) is 5.75 Å². The molecule has 1 amide bonds. The van der Waals surface area contributed by atoms with Crippen molar-refractivity contribution in [2.75, 3.05) is 6.61 Å². The summed E-state index contributed by atoms with van der Waals surface area (Å²) in [6.45, 7) is 0.294. The lowest BCUT2D eigenvalue weighted by atomic mass is 10.1. The Hall–Kier alpha value is -3.03. The molecule has 0 unspecified atom stereocenters. The van der Waals surface area contributed by atoms with Gasteiger partial charge in [-0.15, -0.1) is 0 Å². The Bertz CT molecular complexity index is 834. The van der Waals surface area contributed by atoms with Crippen molar-refractivity contribution in [1.82, 2.24) is 5.32 Å². The Labute approximate surface area is 153 Å². The second kappa shape index (κ2) is 8.57. The fourth-order valence-corrected chi connectivity index (χ4v) is 2.36. The van der Waals surface area contributed by atoms with E-state index in [1.54, 1.807) is 25.1 Å². The van der Waals surface area contributed by atoms with Crippen LogP contribution in [0.3, 0.4) is 0 Å². The number of aromatic carboxylic acids is 1. The van der Waals surface area contributed by atoms with E-state index in [2.05, 4.69) is 5.32 Å². The molecule has 2 aromatic rings. The number of alkyl halides is 3. The Morgan fingerprint density at radius 2 is 1.89 bits per heavy atom. The van der Waals surface area contributed by atoms with Gasteiger partial charge >= 0.3 is 12.1 Å². The first kappa shape index (κ1) is 20.3. The summed E-state index contributed by atoms with van der Waals surface area (Å²) in [4.78, 5) is 23.0. The predicted octanol–water partition coefficient (Wildman–Crippen LogP) is 3.49. The Balaban J connectivity index is 2.00. The smallest absolute Gasteiger partial charge is 0.422 e. The van der Waals surface area contributed by atoms with Crippen LogP contribution in [0.15, 0.2) is 42.5 Å². The van der Waals surface area contributed by atoms with Gasteiger partial charge in [-0.25, -0.2) is 4.79 Å². The van der Waals surface area contributed by atoms with Crippen molar-refractivity contribution in [1.29, 1.82) is 0 Å². The van der Waals surface area contributed by atoms with E-state index in [-0.39, 0.29) is 30.2 Å². The second-order valence-corrected chi connectivity index (χ2v) is 5.97. The number of nitrogens with one attached hydrogen (secondary N) is 1. The zero-order valence-corrected chi connectivity index (χ0v) is 14.5. The third-order valence-corrected chi connectivity index (χ3v) is 3.63. The molecule has 0 aliphatic rings. The minimum absolute atomic E-state index is 0.00900. The molecule has 5 nitrogen and oxygen atoms in total. The van der Waals surface area contributed by atoms with Gasteiger partial charge in [0.15, 0.2) is 6.61 Å². The topological polar surface area (TPSA) is 75.6 Å². The van der Waals surface area contributed by atoms with Crippen LogP contribution in [0.4, 0.5) is 13.2 Å². The van der Waals surface area contributed by atoms with Crippen molar-refractivity contribution in [2.45, 2.75) is 26.1 Å². The van der Waals surface area contributed by atoms with Crippen molar-refractivity contribution in [3.63, 3.8) is 0 Å². The summed E-state index contributed by atoms with van der Waals surface area (Å²) in [7, 11) is 0. The van der Waals surface area contributed by atoms with Gasteiger partial charge in [0.2, 0.25) is 5.91 Å². The number of carboxylic acid groups (broad SMARTS) is 1. The molecule has 0 radical (unpaired) electrons. The first-order valence-electron chi connectivity index (χ1n) is 8.02. The minimum Gasteiger partial charge on any atom is -0.484 e. The number of aryl methyl sites for hydroxylation is 1. The third kappa shape index (κ3) is 6.65. The van der Waals surface area contributed by atoms with Gasteiger partial charge in [0.05, 0.1) is 12.0 Å². The number of ether oxygens (including phenoxy) is 1. The van der Waals surface area contributed by atoms with Crippen LogP contribution in [-0.4, -0.2) is 29.8 Å². The monoisotopic (exact) mass is 381 g/mol. The molecule has 0 aliphatic heterocycles. The number of carbonyl (C=O) groups is 2. The van der Waals surface area contributed by atoms with Crippen molar-refractivity contribution < 1.29 is 32.6 Å². The molecule has 2 aromatic carbocycles. The highest BCUT2D eigenvalue weighted by Crippen LogP contribution is 2.23. The maximum atomic E-state index is 12.4. The van der Waals surface area contributed by atoms with Crippen molar-refractivity contribution in [2.24, 2.45) is 0 Å². The van der Waals surface area contributed by atoms with Crippen LogP contribution in [0.25, 0.3) is 0 Å². The molecule has 0 fully saturated rings. The third-order valence-electron chi connectivity index (χ3n) is 3.63. The van der Waals surface area contributed by atoms with Gasteiger partial charge in [-0.2, -0.15) is 13.2 Å². The van der Waals surface area contributed by atoms with Gasteiger partial charge in [0.25, 0.3) is 0 Å². The lowest BCUT2D eigenvalue weighted by Gasteiger charge is -2.14. The van der Waals surface area contributed by atoms with E-state index in [4.69, 9.17) is 9.84 Å². The van der Waals surface area contributed by atoms with Gasteiger partial charge in [-0.3, -0.25) is 4.79 Å². The molecule has 0 atom stereocenters. The van der Waals surface area contributed by atoms with E-state index in [1.807, 2.05) is 0 Å². The van der Waals surface area contributed by atoms with Crippen LogP contribution in [-0.2, 0) is 17.8 Å². The summed E-state index contributed by atoms with van der Waals surface area (Å²) < 4.78 is 42.0. The maximum Gasteiger partial charge on any atom is 0.422 e. The van der Waals surface area contributed by atoms with E-state index in [9.17, 15) is 22.8 Å². The fraction of sp³-hybridized carbons (Fsp3) is 0.263. The molecule has 0 bridgehead atoms. The highest BCUT2D eigenvalue weighted by molar-refractivity contribution is 5.88. The fourth-order valence-electron chi connectivity index (χ4n) is 2.36. The number of rotatable bonds is 7. The summed E-state index contributed by atoms with van der Waals surface area (Å²) >= 11 is 0. The molecule has 0 aliphatic carbocycles. The van der Waals surface area contributed by atoms with Gasteiger partial charge in [-0.05, 0) is 36.2 Å². The molecule has 27 heavy (non-hydrogen) atoms. The standard InChI is InChI=1S/C19H18F3NO4/c1-12-5-6-15(16(7-12)27-11-19(20,21)22)10-23-17(24)9-13-3-2-4-14(8-13)18(25)26/h2-8H,9-11H2,1H3,(H,23,24)(H,25,26). The van der Waals surface area contributed by atoms with E-state index in [0.29, 0.717) is 11.1 Å². The Kier molecular flexibility index (Phi) is 6.44. The van der Waals surface area contributed by atoms with Crippen molar-refractivity contribution in [3.05, 3.63) is 64.7 Å². The van der Waals surface area contributed by atoms with Gasteiger partial charge in [-0.1, -0.05) is 24.3 Å². The highest BCUT2D eigenvalue weighted by atomic mass is 19.4. The second-order valence-electron chi connectivity index (χ2n) is 5.97. The molecule has 0 saturated carbocycles. The number of benzene rings is 2. The summed E-state index contributed by atoms with van der Waals surface area (Å²) in [5.41, 5.74) is 1.73. The number of carbonyl (C=O) groups excluding carboxylic acids is 1. The zero-order chi connectivity index (χ0) is 20.0. The van der Waals surface area contributed by atoms with E-state index in [0.717, 1.165) is 5.56 Å². The number of hydrogen-bond acceptors (Lipinski definition) is 3. The van der Waals surface area contributed by atoms with Crippen LogP contribution in [0.5, 0.6) is 5.75 Å². The molecular formula is C19H18F3NO4. The van der Waals surface area contributed by atoms with Crippen molar-refractivity contribution >= 4 is 11.9 Å². The summed E-state index contributed by atoms with van der Waals surface area (Å²) in [5.74, 6) is -1.43. The van der Waals surface area contributed by atoms with E-state index < -0.39 is 18.8 Å². The summed E-state index contributed by atoms with van der Waals surface area (Å²) in [6, 6.07) is 10.7. The van der Waals surface area contributed by atoms with Gasteiger partial charge in [0, 0.05) is 12.1 Å². The van der Waals surface area contributed by atoms with Crippen LogP contribution in [0, 0.1) is 6.92 Å². The average Bonchev–Trinajstić information content (AvgIpc) is 2.58. The molecule has 0 aromatic heterocycles. The first-order chi connectivity index (χ1) is 12.6. The quantitative estimate of drug-likeness (QED) is 0.770. The highest BCUT2D eigenvalue weighted by Gasteiger charge is 2.28. The Morgan fingerprint density at radius 1 is 1.15 bits per heavy atom.